The zero-order valence-corrected chi connectivity index (χ0v) is 12.4. The summed E-state index contributed by atoms with van der Waals surface area (Å²) in [6.45, 7) is 9.26. The Kier molecular flexibility index (Phi) is 10.5. The first-order valence-corrected chi connectivity index (χ1v) is 8.21. The average Bonchev–Trinajstić information content (AvgIpc) is 2.29. The summed E-state index contributed by atoms with van der Waals surface area (Å²) in [5, 5.41) is 0. The van der Waals surface area contributed by atoms with Crippen LogP contribution in [0.5, 0.6) is 0 Å². The molecule has 0 aromatic carbocycles. The predicted molar refractivity (Wildman–Crippen MR) is 72.6 cm³/mol. The topological polar surface area (TPSA) is 26.3 Å². The molecule has 0 spiro atoms. The lowest BCUT2D eigenvalue weighted by molar-refractivity contribution is 0.240. The lowest BCUT2D eigenvalue weighted by Gasteiger charge is -2.16. The number of rotatable bonds is 10. The van der Waals surface area contributed by atoms with Crippen molar-refractivity contribution in [1.82, 2.24) is 0 Å². The van der Waals surface area contributed by atoms with Crippen molar-refractivity contribution in [1.29, 1.82) is 0 Å². The average molecular weight is 248 g/mol. The molecule has 0 radical (unpaired) electrons. The molecule has 0 aromatic heterocycles. The number of hydrogen-bond donors (Lipinski definition) is 0. The molecule has 0 aliphatic carbocycles. The second-order valence-electron chi connectivity index (χ2n) is 4.74. The van der Waals surface area contributed by atoms with Gasteiger partial charge in [0.1, 0.15) is 0 Å². The van der Waals surface area contributed by atoms with Crippen molar-refractivity contribution in [3.63, 3.8) is 0 Å². The second-order valence-corrected chi connectivity index (χ2v) is 6.65. The molecular weight excluding hydrogens is 219 g/mol. The van der Waals surface area contributed by atoms with E-state index in [-0.39, 0.29) is 5.66 Å². The number of unbranched alkanes of at least 4 members (excludes halogenated alkanes) is 1. The van der Waals surface area contributed by atoms with Gasteiger partial charge in [-0.15, -0.1) is 0 Å². The standard InChI is InChI=1S/C13H29O2P/c1-5-8-10-13(7-3)11-15-16(14)12(4)9-6-2/h12-13,16H,5-11H2,1-4H3. The van der Waals surface area contributed by atoms with Crippen molar-refractivity contribution < 1.29 is 9.09 Å². The second kappa shape index (κ2) is 10.4. The fraction of sp³-hybridized carbons (Fsp3) is 1.00. The highest BCUT2D eigenvalue weighted by atomic mass is 31.1. The van der Waals surface area contributed by atoms with Crippen LogP contribution in [-0.4, -0.2) is 12.3 Å². The minimum absolute atomic E-state index is 0.249. The Labute approximate surface area is 102 Å². The third-order valence-corrected chi connectivity index (χ3v) is 4.67. The van der Waals surface area contributed by atoms with Gasteiger partial charge in [-0.25, -0.2) is 0 Å². The minimum atomic E-state index is -1.81. The van der Waals surface area contributed by atoms with Gasteiger partial charge in [0.25, 0.3) is 0 Å². The first kappa shape index (κ1) is 16.2. The van der Waals surface area contributed by atoms with Crippen LogP contribution in [0.25, 0.3) is 0 Å². The van der Waals surface area contributed by atoms with Gasteiger partial charge in [-0.1, -0.05) is 53.4 Å². The molecule has 0 heterocycles. The molecule has 0 fully saturated rings. The van der Waals surface area contributed by atoms with Crippen LogP contribution >= 0.6 is 8.03 Å². The Bertz CT molecular complexity index is 183. The summed E-state index contributed by atoms with van der Waals surface area (Å²) >= 11 is 0. The quantitative estimate of drug-likeness (QED) is 0.515. The van der Waals surface area contributed by atoms with E-state index in [9.17, 15) is 4.57 Å². The van der Waals surface area contributed by atoms with Crippen LogP contribution < -0.4 is 0 Å². The molecule has 98 valence electrons. The first-order valence-electron chi connectivity index (χ1n) is 6.82. The molecule has 0 N–H and O–H groups in total. The van der Waals surface area contributed by atoms with Gasteiger partial charge in [0, 0.05) is 5.66 Å². The largest absolute Gasteiger partial charge is 0.330 e. The minimum Gasteiger partial charge on any atom is -0.330 e. The fourth-order valence-corrected chi connectivity index (χ4v) is 3.00. The van der Waals surface area contributed by atoms with Crippen molar-refractivity contribution in [2.75, 3.05) is 6.61 Å². The van der Waals surface area contributed by atoms with E-state index in [2.05, 4.69) is 20.8 Å². The highest BCUT2D eigenvalue weighted by molar-refractivity contribution is 7.40. The van der Waals surface area contributed by atoms with Crippen molar-refractivity contribution in [2.45, 2.75) is 71.9 Å². The van der Waals surface area contributed by atoms with E-state index in [4.69, 9.17) is 4.52 Å². The molecule has 3 heteroatoms. The van der Waals surface area contributed by atoms with Gasteiger partial charge in [0.2, 0.25) is 0 Å². The lowest BCUT2D eigenvalue weighted by Crippen LogP contribution is -2.08. The third-order valence-electron chi connectivity index (χ3n) is 3.13. The van der Waals surface area contributed by atoms with E-state index in [1.807, 2.05) is 6.92 Å². The smallest absolute Gasteiger partial charge is 0.194 e. The van der Waals surface area contributed by atoms with E-state index in [1.54, 1.807) is 0 Å². The molecular formula is C13H29O2P. The van der Waals surface area contributed by atoms with Gasteiger partial charge in [-0.05, 0) is 18.8 Å². The van der Waals surface area contributed by atoms with Crippen molar-refractivity contribution >= 4 is 8.03 Å². The summed E-state index contributed by atoms with van der Waals surface area (Å²) < 4.78 is 17.3. The van der Waals surface area contributed by atoms with Gasteiger partial charge in [0.05, 0.1) is 6.61 Å². The lowest BCUT2D eigenvalue weighted by atomic mass is 10.0. The normalized spacial score (nSPS) is 17.0. The third kappa shape index (κ3) is 7.46. The van der Waals surface area contributed by atoms with Gasteiger partial charge in [-0.3, -0.25) is 4.57 Å². The molecule has 0 saturated heterocycles. The summed E-state index contributed by atoms with van der Waals surface area (Å²) in [7, 11) is -1.81. The van der Waals surface area contributed by atoms with Gasteiger partial charge >= 0.3 is 0 Å². The van der Waals surface area contributed by atoms with Crippen LogP contribution in [0.1, 0.15) is 66.2 Å². The summed E-state index contributed by atoms with van der Waals surface area (Å²) in [5.41, 5.74) is 0.249. The molecule has 0 amide bonds. The Morgan fingerprint density at radius 2 is 1.81 bits per heavy atom. The SMILES string of the molecule is CCCCC(CC)CO[PH](=O)C(C)CCC. The highest BCUT2D eigenvalue weighted by Gasteiger charge is 2.13. The van der Waals surface area contributed by atoms with Gasteiger partial charge in [0.15, 0.2) is 8.03 Å². The molecule has 0 aliphatic heterocycles. The van der Waals surface area contributed by atoms with Gasteiger partial charge < -0.3 is 4.52 Å². The van der Waals surface area contributed by atoms with Crippen LogP contribution in [0.3, 0.4) is 0 Å². The zero-order valence-electron chi connectivity index (χ0n) is 11.4. The van der Waals surface area contributed by atoms with Crippen molar-refractivity contribution in [3.8, 4) is 0 Å². The molecule has 0 saturated carbocycles. The maximum absolute atomic E-state index is 11.8. The van der Waals surface area contributed by atoms with E-state index in [0.717, 1.165) is 19.3 Å². The monoisotopic (exact) mass is 248 g/mol. The predicted octanol–water partition coefficient (Wildman–Crippen LogP) is 4.88. The van der Waals surface area contributed by atoms with Crippen LogP contribution in [-0.2, 0) is 9.09 Å². The Hall–Kier alpha value is 0.190. The Morgan fingerprint density at radius 3 is 2.31 bits per heavy atom. The van der Waals surface area contributed by atoms with Crippen LogP contribution in [0.15, 0.2) is 0 Å². The van der Waals surface area contributed by atoms with E-state index in [1.165, 1.54) is 19.3 Å². The molecule has 16 heavy (non-hydrogen) atoms. The van der Waals surface area contributed by atoms with E-state index < -0.39 is 8.03 Å². The van der Waals surface area contributed by atoms with Crippen LogP contribution in [0.2, 0.25) is 0 Å². The molecule has 0 bridgehead atoms. The zero-order chi connectivity index (χ0) is 12.4. The van der Waals surface area contributed by atoms with Crippen LogP contribution in [0.4, 0.5) is 0 Å². The highest BCUT2D eigenvalue weighted by Crippen LogP contribution is 2.33. The molecule has 0 rings (SSSR count). The summed E-state index contributed by atoms with van der Waals surface area (Å²) in [5.74, 6) is 0.600. The molecule has 0 aromatic rings. The molecule has 0 aliphatic rings. The Morgan fingerprint density at radius 1 is 1.12 bits per heavy atom. The van der Waals surface area contributed by atoms with Gasteiger partial charge in [-0.2, -0.15) is 0 Å². The maximum atomic E-state index is 11.8. The number of hydrogen-bond acceptors (Lipinski definition) is 2. The fourth-order valence-electron chi connectivity index (χ4n) is 1.79. The first-order chi connectivity index (χ1) is 7.65. The van der Waals surface area contributed by atoms with Crippen molar-refractivity contribution in [2.24, 2.45) is 5.92 Å². The summed E-state index contributed by atoms with van der Waals surface area (Å²) in [4.78, 5) is 0. The molecule has 3 atom stereocenters. The van der Waals surface area contributed by atoms with Crippen molar-refractivity contribution in [3.05, 3.63) is 0 Å². The summed E-state index contributed by atoms with van der Waals surface area (Å²) in [6.07, 6.45) is 6.95. The molecule has 2 nitrogen and oxygen atoms in total. The van der Waals surface area contributed by atoms with E-state index >= 15 is 0 Å². The van der Waals surface area contributed by atoms with E-state index in [0.29, 0.717) is 12.5 Å². The maximum Gasteiger partial charge on any atom is 0.194 e. The summed E-state index contributed by atoms with van der Waals surface area (Å²) in [6, 6.07) is 0. The van der Waals surface area contributed by atoms with Crippen LogP contribution in [0, 0.1) is 5.92 Å². The Balaban J connectivity index is 3.78. The molecule has 3 unspecified atom stereocenters.